The molecule has 2 aromatic carbocycles. The fourth-order valence-corrected chi connectivity index (χ4v) is 5.27. The average Bonchev–Trinajstić information content (AvgIpc) is 3.37. The largest absolute Gasteiger partial charge is 0.416 e. The summed E-state index contributed by atoms with van der Waals surface area (Å²) in [6.45, 7) is 4.82. The predicted molar refractivity (Wildman–Crippen MR) is 130 cm³/mol. The van der Waals surface area contributed by atoms with E-state index in [1.165, 1.54) is 24.3 Å². The standard InChI is InChI=1S/C27H31F6N5/c1-17(2)3-12-23(19-4-8-21(9-5-19)26(28,29)30)38-14-13-18(16-25-34-36-37-35-25)15-24(38)20-6-10-22(11-7-20)27(31,32)33/h4-11,17-18,23-24H,3,12-16H2,1-2H3,(H,34,35,36,37)/t18-,23+,24-/m0/s1. The number of H-pyrrole nitrogens is 1. The number of rotatable bonds is 8. The van der Waals surface area contributed by atoms with E-state index in [0.717, 1.165) is 54.7 Å². The van der Waals surface area contributed by atoms with Gasteiger partial charge < -0.3 is 0 Å². The van der Waals surface area contributed by atoms with Crippen molar-refractivity contribution in [2.75, 3.05) is 6.54 Å². The molecular formula is C27H31F6N5. The minimum absolute atomic E-state index is 0.175. The third kappa shape index (κ3) is 6.92. The smallest absolute Gasteiger partial charge is 0.289 e. The summed E-state index contributed by atoms with van der Waals surface area (Å²) in [6.07, 6.45) is -5.26. The molecule has 1 aliphatic heterocycles. The molecule has 1 saturated heterocycles. The van der Waals surface area contributed by atoms with E-state index in [-0.39, 0.29) is 18.0 Å². The summed E-state index contributed by atoms with van der Waals surface area (Å²) in [5.74, 6) is 1.13. The van der Waals surface area contributed by atoms with E-state index in [9.17, 15) is 26.3 Å². The molecule has 3 aromatic rings. The molecule has 0 radical (unpaired) electrons. The van der Waals surface area contributed by atoms with Crippen molar-refractivity contribution in [2.45, 2.75) is 70.4 Å². The number of halogens is 6. The Hall–Kier alpha value is -2.95. The van der Waals surface area contributed by atoms with Crippen molar-refractivity contribution in [2.24, 2.45) is 11.8 Å². The van der Waals surface area contributed by atoms with Gasteiger partial charge in [0.05, 0.1) is 11.1 Å². The average molecular weight is 540 g/mol. The van der Waals surface area contributed by atoms with Gasteiger partial charge in [0.15, 0.2) is 5.82 Å². The summed E-state index contributed by atoms with van der Waals surface area (Å²) >= 11 is 0. The fraction of sp³-hybridized carbons (Fsp3) is 0.519. The van der Waals surface area contributed by atoms with Crippen LogP contribution >= 0.6 is 0 Å². The van der Waals surface area contributed by atoms with Crippen LogP contribution in [0, 0.1) is 11.8 Å². The zero-order valence-corrected chi connectivity index (χ0v) is 21.2. The highest BCUT2D eigenvalue weighted by Crippen LogP contribution is 2.43. The van der Waals surface area contributed by atoms with Crippen LogP contribution < -0.4 is 0 Å². The molecule has 1 aliphatic rings. The summed E-state index contributed by atoms with van der Waals surface area (Å²) in [4.78, 5) is 2.25. The van der Waals surface area contributed by atoms with Crippen LogP contribution in [0.5, 0.6) is 0 Å². The van der Waals surface area contributed by atoms with Gasteiger partial charge in [-0.15, -0.1) is 10.2 Å². The molecule has 0 aliphatic carbocycles. The number of nitrogens with zero attached hydrogens (tertiary/aromatic N) is 4. The van der Waals surface area contributed by atoms with E-state index in [1.54, 1.807) is 0 Å². The number of aromatic nitrogens is 4. The van der Waals surface area contributed by atoms with Gasteiger partial charge in [-0.3, -0.25) is 4.90 Å². The lowest BCUT2D eigenvalue weighted by atomic mass is 9.82. The Morgan fingerprint density at radius 1 is 0.895 bits per heavy atom. The Kier molecular flexibility index (Phi) is 8.44. The first-order valence-electron chi connectivity index (χ1n) is 12.7. The third-order valence-corrected chi connectivity index (χ3v) is 7.28. The van der Waals surface area contributed by atoms with Crippen LogP contribution in [-0.2, 0) is 18.8 Å². The van der Waals surface area contributed by atoms with E-state index in [4.69, 9.17) is 0 Å². The molecule has 11 heteroatoms. The summed E-state index contributed by atoms with van der Waals surface area (Å²) in [5.41, 5.74) is 0.0949. The van der Waals surface area contributed by atoms with E-state index < -0.39 is 23.5 Å². The number of nitrogens with one attached hydrogen (secondary N) is 1. The maximum atomic E-state index is 13.2. The van der Waals surface area contributed by atoms with Crippen molar-refractivity contribution in [3.63, 3.8) is 0 Å². The number of hydrogen-bond donors (Lipinski definition) is 1. The first kappa shape index (κ1) is 28.1. The molecule has 206 valence electrons. The van der Waals surface area contributed by atoms with Crippen molar-refractivity contribution in [1.29, 1.82) is 0 Å². The van der Waals surface area contributed by atoms with Crippen LogP contribution in [0.15, 0.2) is 48.5 Å². The Balaban J connectivity index is 1.68. The van der Waals surface area contributed by atoms with Crippen LogP contribution in [0.4, 0.5) is 26.3 Å². The minimum atomic E-state index is -4.44. The van der Waals surface area contributed by atoms with E-state index in [0.29, 0.717) is 31.1 Å². The molecular weight excluding hydrogens is 508 g/mol. The number of alkyl halides is 6. The summed E-state index contributed by atoms with van der Waals surface area (Å²) in [7, 11) is 0. The fourth-order valence-electron chi connectivity index (χ4n) is 5.27. The Morgan fingerprint density at radius 3 is 2.03 bits per heavy atom. The molecule has 4 rings (SSSR count). The van der Waals surface area contributed by atoms with Crippen molar-refractivity contribution in [3.8, 4) is 0 Å². The van der Waals surface area contributed by atoms with Gasteiger partial charge in [-0.25, -0.2) is 0 Å². The molecule has 1 fully saturated rings. The number of benzene rings is 2. The molecule has 0 amide bonds. The van der Waals surface area contributed by atoms with Crippen molar-refractivity contribution in [3.05, 3.63) is 76.6 Å². The van der Waals surface area contributed by atoms with Crippen molar-refractivity contribution < 1.29 is 26.3 Å². The molecule has 5 nitrogen and oxygen atoms in total. The maximum Gasteiger partial charge on any atom is 0.416 e. The minimum Gasteiger partial charge on any atom is -0.289 e. The molecule has 1 N–H and O–H groups in total. The Labute approximate surface area is 217 Å². The lowest BCUT2D eigenvalue weighted by Crippen LogP contribution is -2.40. The highest BCUT2D eigenvalue weighted by atomic mass is 19.4. The Bertz CT molecular complexity index is 1140. The molecule has 0 saturated carbocycles. The molecule has 38 heavy (non-hydrogen) atoms. The van der Waals surface area contributed by atoms with Crippen molar-refractivity contribution in [1.82, 2.24) is 25.5 Å². The van der Waals surface area contributed by atoms with Crippen LogP contribution in [0.2, 0.25) is 0 Å². The quantitative estimate of drug-likeness (QED) is 0.303. The number of aromatic amines is 1. The number of piperidine rings is 1. The molecule has 0 unspecified atom stereocenters. The number of tetrazole rings is 1. The number of likely N-dealkylation sites (tertiary alicyclic amines) is 1. The maximum absolute atomic E-state index is 13.2. The van der Waals surface area contributed by atoms with Crippen LogP contribution in [0.25, 0.3) is 0 Å². The van der Waals surface area contributed by atoms with Gasteiger partial charge >= 0.3 is 12.4 Å². The van der Waals surface area contributed by atoms with Gasteiger partial charge in [0.25, 0.3) is 0 Å². The zero-order chi connectivity index (χ0) is 27.5. The second-order valence-electron chi connectivity index (χ2n) is 10.4. The first-order valence-corrected chi connectivity index (χ1v) is 12.7. The predicted octanol–water partition coefficient (Wildman–Crippen LogP) is 7.41. The van der Waals surface area contributed by atoms with Crippen LogP contribution in [0.1, 0.15) is 79.7 Å². The van der Waals surface area contributed by atoms with Gasteiger partial charge in [0, 0.05) is 18.5 Å². The molecule has 0 spiro atoms. The molecule has 0 bridgehead atoms. The van der Waals surface area contributed by atoms with E-state index >= 15 is 0 Å². The van der Waals surface area contributed by atoms with Gasteiger partial charge in [-0.1, -0.05) is 43.3 Å². The van der Waals surface area contributed by atoms with Crippen LogP contribution in [-0.4, -0.2) is 32.1 Å². The Morgan fingerprint density at radius 2 is 1.50 bits per heavy atom. The van der Waals surface area contributed by atoms with Gasteiger partial charge in [-0.05, 0) is 79.5 Å². The molecule has 2 heterocycles. The highest BCUT2D eigenvalue weighted by molar-refractivity contribution is 5.30. The lowest BCUT2D eigenvalue weighted by Gasteiger charge is -2.44. The molecule has 1 aromatic heterocycles. The summed E-state index contributed by atoms with van der Waals surface area (Å²) < 4.78 is 79.4. The second-order valence-corrected chi connectivity index (χ2v) is 10.4. The highest BCUT2D eigenvalue weighted by Gasteiger charge is 2.37. The van der Waals surface area contributed by atoms with Gasteiger partial charge in [0.1, 0.15) is 0 Å². The van der Waals surface area contributed by atoms with Gasteiger partial charge in [0.2, 0.25) is 0 Å². The first-order chi connectivity index (χ1) is 17.9. The van der Waals surface area contributed by atoms with Crippen LogP contribution in [0.3, 0.4) is 0 Å². The normalized spacial score (nSPS) is 20.1. The van der Waals surface area contributed by atoms with E-state index in [1.807, 2.05) is 0 Å². The summed E-state index contributed by atoms with van der Waals surface area (Å²) in [5, 5.41) is 14.2. The zero-order valence-electron chi connectivity index (χ0n) is 21.2. The second kappa shape index (κ2) is 11.4. The van der Waals surface area contributed by atoms with E-state index in [2.05, 4.69) is 39.4 Å². The molecule has 3 atom stereocenters. The van der Waals surface area contributed by atoms with Gasteiger partial charge in [-0.2, -0.15) is 31.6 Å². The lowest BCUT2D eigenvalue weighted by molar-refractivity contribution is -0.138. The monoisotopic (exact) mass is 539 g/mol. The summed E-state index contributed by atoms with van der Waals surface area (Å²) in [6, 6.07) is 10.1. The topological polar surface area (TPSA) is 57.7 Å². The SMILES string of the molecule is CC(C)CC[C@H](c1ccc(C(F)(F)F)cc1)N1CC[C@H](Cc2nn[nH]n2)C[C@H]1c1ccc(C(F)(F)F)cc1. The van der Waals surface area contributed by atoms with Crippen molar-refractivity contribution >= 4 is 0 Å². The number of hydrogen-bond acceptors (Lipinski definition) is 4. The third-order valence-electron chi connectivity index (χ3n) is 7.28.